The molecule has 0 fully saturated rings. The van der Waals surface area contributed by atoms with Crippen LogP contribution >= 0.6 is 0 Å². The summed E-state index contributed by atoms with van der Waals surface area (Å²) >= 11 is 0. The second kappa shape index (κ2) is 6.74. The molecule has 2 N–H and O–H groups in total. The number of ether oxygens (including phenoxy) is 2. The van der Waals surface area contributed by atoms with Crippen molar-refractivity contribution in [2.45, 2.75) is 13.5 Å². The minimum Gasteiger partial charge on any atom is -0.497 e. The number of nitrogens with two attached hydrogens (primary N) is 1. The van der Waals surface area contributed by atoms with Crippen LogP contribution in [0.25, 0.3) is 0 Å². The van der Waals surface area contributed by atoms with Crippen molar-refractivity contribution in [1.82, 2.24) is 4.90 Å². The Labute approximate surface area is 108 Å². The normalized spacial score (nSPS) is 11.2. The minimum absolute atomic E-state index is 0.523. The van der Waals surface area contributed by atoms with Crippen LogP contribution in [0, 0.1) is 0 Å². The molecule has 0 aliphatic rings. The predicted octanol–water partition coefficient (Wildman–Crippen LogP) is 1.47. The summed E-state index contributed by atoms with van der Waals surface area (Å²) in [6, 6.07) is 5.72. The third-order valence-electron chi connectivity index (χ3n) is 2.61. The van der Waals surface area contributed by atoms with Crippen molar-refractivity contribution in [3.8, 4) is 11.5 Å². The number of methoxy groups -OCH3 is 2. The first-order valence-corrected chi connectivity index (χ1v) is 5.84. The van der Waals surface area contributed by atoms with Crippen LogP contribution in [0.2, 0.25) is 0 Å². The van der Waals surface area contributed by atoms with E-state index in [9.17, 15) is 0 Å². The summed E-state index contributed by atoms with van der Waals surface area (Å²) < 4.78 is 10.5. The van der Waals surface area contributed by atoms with Gasteiger partial charge in [0, 0.05) is 31.8 Å². The maximum atomic E-state index is 5.83. The zero-order chi connectivity index (χ0) is 13.5. The Morgan fingerprint density at radius 1 is 1.33 bits per heavy atom. The number of nitrogens with zero attached hydrogens (tertiary/aromatic N) is 2. The Balaban J connectivity index is 2.87. The van der Waals surface area contributed by atoms with Gasteiger partial charge in [0.2, 0.25) is 0 Å². The summed E-state index contributed by atoms with van der Waals surface area (Å²) in [6.07, 6.45) is 0. The maximum Gasteiger partial charge on any atom is 0.191 e. The molecule has 0 saturated heterocycles. The maximum absolute atomic E-state index is 5.83. The van der Waals surface area contributed by atoms with Gasteiger partial charge < -0.3 is 20.1 Å². The smallest absolute Gasteiger partial charge is 0.191 e. The van der Waals surface area contributed by atoms with Gasteiger partial charge in [0.1, 0.15) is 11.5 Å². The molecule has 0 heterocycles. The number of hydrogen-bond acceptors (Lipinski definition) is 3. The molecule has 0 amide bonds. The van der Waals surface area contributed by atoms with Crippen LogP contribution < -0.4 is 15.2 Å². The van der Waals surface area contributed by atoms with Crippen LogP contribution in [0.4, 0.5) is 0 Å². The number of benzene rings is 1. The molecule has 1 rings (SSSR count). The van der Waals surface area contributed by atoms with Gasteiger partial charge in [-0.15, -0.1) is 0 Å². The quantitative estimate of drug-likeness (QED) is 0.636. The van der Waals surface area contributed by atoms with Gasteiger partial charge in [-0.1, -0.05) is 0 Å². The first kappa shape index (κ1) is 14.2. The van der Waals surface area contributed by atoms with Gasteiger partial charge in [-0.05, 0) is 19.1 Å². The van der Waals surface area contributed by atoms with Crippen LogP contribution in [-0.2, 0) is 6.54 Å². The second-order valence-corrected chi connectivity index (χ2v) is 3.87. The van der Waals surface area contributed by atoms with Crippen LogP contribution in [-0.4, -0.2) is 38.7 Å². The highest BCUT2D eigenvalue weighted by molar-refractivity contribution is 5.77. The highest BCUT2D eigenvalue weighted by Crippen LogP contribution is 2.25. The molecule has 0 spiro atoms. The fourth-order valence-electron chi connectivity index (χ4n) is 1.60. The molecule has 0 bridgehead atoms. The molecule has 5 nitrogen and oxygen atoms in total. The Hall–Kier alpha value is -1.91. The first-order valence-electron chi connectivity index (χ1n) is 5.84. The van der Waals surface area contributed by atoms with Crippen molar-refractivity contribution in [3.63, 3.8) is 0 Å². The topological polar surface area (TPSA) is 60.1 Å². The molecular weight excluding hydrogens is 230 g/mol. The van der Waals surface area contributed by atoms with Crippen LogP contribution in [0.5, 0.6) is 11.5 Å². The summed E-state index contributed by atoms with van der Waals surface area (Å²) in [5.41, 5.74) is 6.87. The Morgan fingerprint density at radius 3 is 2.61 bits per heavy atom. The average molecular weight is 251 g/mol. The largest absolute Gasteiger partial charge is 0.497 e. The molecule has 1 aromatic rings. The molecule has 0 atom stereocenters. The van der Waals surface area contributed by atoms with E-state index in [1.165, 1.54) is 0 Å². The molecule has 5 heteroatoms. The SMILES string of the molecule is CCN=C(N)N(C)Cc1ccc(OC)cc1OC. The fraction of sp³-hybridized carbons (Fsp3) is 0.462. The third kappa shape index (κ3) is 3.55. The van der Waals surface area contributed by atoms with Crippen molar-refractivity contribution in [2.75, 3.05) is 27.8 Å². The zero-order valence-electron chi connectivity index (χ0n) is 11.4. The van der Waals surface area contributed by atoms with Gasteiger partial charge >= 0.3 is 0 Å². The van der Waals surface area contributed by atoms with Gasteiger partial charge in [0.25, 0.3) is 0 Å². The lowest BCUT2D eigenvalue weighted by Crippen LogP contribution is -2.33. The van der Waals surface area contributed by atoms with Gasteiger partial charge in [-0.2, -0.15) is 0 Å². The van der Waals surface area contributed by atoms with Gasteiger partial charge in [0.15, 0.2) is 5.96 Å². The Morgan fingerprint density at radius 2 is 2.06 bits per heavy atom. The van der Waals surface area contributed by atoms with Crippen molar-refractivity contribution in [2.24, 2.45) is 10.7 Å². The third-order valence-corrected chi connectivity index (χ3v) is 2.61. The Bertz CT molecular complexity index is 419. The number of hydrogen-bond donors (Lipinski definition) is 1. The highest BCUT2D eigenvalue weighted by Gasteiger charge is 2.09. The van der Waals surface area contributed by atoms with Crippen molar-refractivity contribution in [1.29, 1.82) is 0 Å². The van der Waals surface area contributed by atoms with Crippen molar-refractivity contribution in [3.05, 3.63) is 23.8 Å². The van der Waals surface area contributed by atoms with E-state index in [1.54, 1.807) is 14.2 Å². The molecule has 0 aliphatic heterocycles. The summed E-state index contributed by atoms with van der Waals surface area (Å²) in [4.78, 5) is 6.05. The standard InChI is InChI=1S/C13H21N3O2/c1-5-15-13(14)16(2)9-10-6-7-11(17-3)8-12(10)18-4/h6-8H,5,9H2,1-4H3,(H2,14,15). The lowest BCUT2D eigenvalue weighted by Gasteiger charge is -2.19. The number of guanidine groups is 1. The first-order chi connectivity index (χ1) is 8.62. The van der Waals surface area contributed by atoms with E-state index >= 15 is 0 Å². The van der Waals surface area contributed by atoms with Crippen LogP contribution in [0.1, 0.15) is 12.5 Å². The monoisotopic (exact) mass is 251 g/mol. The summed E-state index contributed by atoms with van der Waals surface area (Å²) in [6.45, 7) is 3.27. The molecular formula is C13H21N3O2. The summed E-state index contributed by atoms with van der Waals surface area (Å²) in [5, 5.41) is 0. The summed E-state index contributed by atoms with van der Waals surface area (Å²) in [5.74, 6) is 2.08. The molecule has 0 saturated carbocycles. The van der Waals surface area contributed by atoms with Crippen molar-refractivity contribution >= 4 is 5.96 Å². The molecule has 18 heavy (non-hydrogen) atoms. The molecule has 0 radical (unpaired) electrons. The predicted molar refractivity (Wildman–Crippen MR) is 73.2 cm³/mol. The van der Waals surface area contributed by atoms with E-state index < -0.39 is 0 Å². The lowest BCUT2D eigenvalue weighted by molar-refractivity contribution is 0.383. The van der Waals surface area contributed by atoms with E-state index in [4.69, 9.17) is 15.2 Å². The lowest BCUT2D eigenvalue weighted by atomic mass is 10.2. The minimum atomic E-state index is 0.523. The van der Waals surface area contributed by atoms with E-state index in [0.29, 0.717) is 19.0 Å². The summed E-state index contributed by atoms with van der Waals surface area (Å²) in [7, 11) is 5.17. The van der Waals surface area contributed by atoms with Gasteiger partial charge in [-0.3, -0.25) is 4.99 Å². The zero-order valence-corrected chi connectivity index (χ0v) is 11.4. The molecule has 0 unspecified atom stereocenters. The van der Waals surface area contributed by atoms with Crippen LogP contribution in [0.15, 0.2) is 23.2 Å². The number of aliphatic imine (C=N–C) groups is 1. The fourth-order valence-corrected chi connectivity index (χ4v) is 1.60. The Kier molecular flexibility index (Phi) is 5.30. The molecule has 0 aromatic heterocycles. The van der Waals surface area contributed by atoms with Gasteiger partial charge in [0.05, 0.1) is 14.2 Å². The highest BCUT2D eigenvalue weighted by atomic mass is 16.5. The molecule has 0 aliphatic carbocycles. The van der Waals surface area contributed by atoms with E-state index in [2.05, 4.69) is 4.99 Å². The van der Waals surface area contributed by atoms with E-state index in [-0.39, 0.29) is 0 Å². The second-order valence-electron chi connectivity index (χ2n) is 3.87. The van der Waals surface area contributed by atoms with Crippen molar-refractivity contribution < 1.29 is 9.47 Å². The van der Waals surface area contributed by atoms with Crippen LogP contribution in [0.3, 0.4) is 0 Å². The van der Waals surface area contributed by atoms with E-state index in [0.717, 1.165) is 17.1 Å². The molecule has 1 aromatic carbocycles. The number of rotatable bonds is 5. The molecule has 100 valence electrons. The van der Waals surface area contributed by atoms with E-state index in [1.807, 2.05) is 37.1 Å². The van der Waals surface area contributed by atoms with Gasteiger partial charge in [-0.25, -0.2) is 0 Å². The average Bonchev–Trinajstić information content (AvgIpc) is 2.39.